The number of hydrogen-bond donors (Lipinski definition) is 0. The van der Waals surface area contributed by atoms with Gasteiger partial charge in [-0.15, -0.1) is 0 Å². The summed E-state index contributed by atoms with van der Waals surface area (Å²) in [5.41, 5.74) is 3.75. The highest BCUT2D eigenvalue weighted by Crippen LogP contribution is 2.46. The van der Waals surface area contributed by atoms with Gasteiger partial charge in [-0.05, 0) is 67.9 Å². The quantitative estimate of drug-likeness (QED) is 0.691. The summed E-state index contributed by atoms with van der Waals surface area (Å²) in [6.45, 7) is 3.02. The summed E-state index contributed by atoms with van der Waals surface area (Å²) < 4.78 is 39.7. The number of benzene rings is 2. The summed E-state index contributed by atoms with van der Waals surface area (Å²) in [6.07, 6.45) is -2.49. The normalized spacial score (nSPS) is 19.6. The molecule has 0 saturated heterocycles. The van der Waals surface area contributed by atoms with Crippen LogP contribution in [0.5, 0.6) is 0 Å². The van der Waals surface area contributed by atoms with Gasteiger partial charge in [0.05, 0.1) is 5.56 Å². The van der Waals surface area contributed by atoms with E-state index >= 15 is 0 Å². The van der Waals surface area contributed by atoms with Crippen molar-refractivity contribution in [2.75, 3.05) is 20.6 Å². The van der Waals surface area contributed by atoms with Crippen LogP contribution in [0.15, 0.2) is 42.5 Å². The van der Waals surface area contributed by atoms with Crippen LogP contribution in [0.2, 0.25) is 0 Å². The van der Waals surface area contributed by atoms with Crippen molar-refractivity contribution >= 4 is 0 Å². The molecule has 0 bridgehead atoms. The van der Waals surface area contributed by atoms with E-state index in [9.17, 15) is 13.2 Å². The number of nitrogens with zero attached hydrogens (tertiary/aromatic N) is 1. The van der Waals surface area contributed by atoms with Crippen LogP contribution >= 0.6 is 0 Å². The fourth-order valence-corrected chi connectivity index (χ4v) is 3.93. The van der Waals surface area contributed by atoms with Gasteiger partial charge in [0.15, 0.2) is 0 Å². The lowest BCUT2D eigenvalue weighted by atomic mass is 9.71. The molecule has 0 N–H and O–H groups in total. The number of alkyl halides is 3. The van der Waals surface area contributed by atoms with E-state index in [0.29, 0.717) is 0 Å². The minimum atomic E-state index is -4.30. The first-order valence-corrected chi connectivity index (χ1v) is 8.73. The summed E-state index contributed by atoms with van der Waals surface area (Å²) in [5.74, 6) is 0.156. The summed E-state index contributed by atoms with van der Waals surface area (Å²) >= 11 is 0. The predicted octanol–water partition coefficient (Wildman–Crippen LogP) is 5.64. The Morgan fingerprint density at radius 1 is 0.920 bits per heavy atom. The third kappa shape index (κ3) is 3.59. The summed E-state index contributed by atoms with van der Waals surface area (Å²) in [5, 5.41) is 0. The Morgan fingerprint density at radius 3 is 2.20 bits per heavy atom. The third-order valence-electron chi connectivity index (χ3n) is 5.19. The molecule has 0 radical (unpaired) electrons. The molecule has 0 fully saturated rings. The fraction of sp³-hybridized carbons (Fsp3) is 0.429. The number of hydrogen-bond acceptors (Lipinski definition) is 1. The molecule has 2 aromatic carbocycles. The molecule has 2 atom stereocenters. The minimum absolute atomic E-state index is 0.0321. The van der Waals surface area contributed by atoms with Crippen molar-refractivity contribution in [3.8, 4) is 0 Å². The standard InChI is InChI=1S/C21H24F3N/c1-14-16-7-4-5-8-18(16)19(9-6-12-25(2)3)20-13-15(21(22,23)24)10-11-17(14)20/h4-5,7-8,10-11,13-14,19H,6,9,12H2,1-3H3/t14-,19+/m1/s1. The summed E-state index contributed by atoms with van der Waals surface area (Å²) in [4.78, 5) is 2.12. The molecule has 1 aliphatic carbocycles. The van der Waals surface area contributed by atoms with E-state index in [-0.39, 0.29) is 11.8 Å². The zero-order chi connectivity index (χ0) is 18.2. The Balaban J connectivity index is 2.05. The second-order valence-corrected chi connectivity index (χ2v) is 7.19. The van der Waals surface area contributed by atoms with Crippen LogP contribution in [0.4, 0.5) is 13.2 Å². The van der Waals surface area contributed by atoms with E-state index in [4.69, 9.17) is 0 Å². The van der Waals surface area contributed by atoms with E-state index in [1.54, 1.807) is 6.07 Å². The molecule has 1 aliphatic rings. The molecule has 0 saturated carbocycles. The minimum Gasteiger partial charge on any atom is -0.309 e. The van der Waals surface area contributed by atoms with E-state index < -0.39 is 11.7 Å². The van der Waals surface area contributed by atoms with Crippen molar-refractivity contribution in [2.24, 2.45) is 0 Å². The predicted molar refractivity (Wildman–Crippen MR) is 95.0 cm³/mol. The molecule has 134 valence electrons. The van der Waals surface area contributed by atoms with Gasteiger partial charge in [0.1, 0.15) is 0 Å². The Labute approximate surface area is 147 Å². The van der Waals surface area contributed by atoms with E-state index in [2.05, 4.69) is 24.0 Å². The molecule has 2 aromatic rings. The maximum atomic E-state index is 13.2. The number of rotatable bonds is 4. The molecule has 0 aliphatic heterocycles. The third-order valence-corrected chi connectivity index (χ3v) is 5.19. The van der Waals surface area contributed by atoms with Gasteiger partial charge in [-0.3, -0.25) is 0 Å². The largest absolute Gasteiger partial charge is 0.416 e. The van der Waals surface area contributed by atoms with Crippen molar-refractivity contribution in [3.05, 3.63) is 70.3 Å². The first-order chi connectivity index (χ1) is 11.8. The van der Waals surface area contributed by atoms with E-state index in [0.717, 1.165) is 30.5 Å². The zero-order valence-electron chi connectivity index (χ0n) is 14.9. The van der Waals surface area contributed by atoms with Crippen molar-refractivity contribution in [2.45, 2.75) is 37.8 Å². The Bertz CT molecular complexity index is 749. The Kier molecular flexibility index (Phi) is 4.92. The topological polar surface area (TPSA) is 3.24 Å². The van der Waals surface area contributed by atoms with Gasteiger partial charge in [0.2, 0.25) is 0 Å². The van der Waals surface area contributed by atoms with Crippen LogP contribution in [0.1, 0.15) is 59.4 Å². The zero-order valence-corrected chi connectivity index (χ0v) is 14.9. The summed E-state index contributed by atoms with van der Waals surface area (Å²) in [6, 6.07) is 12.5. The van der Waals surface area contributed by atoms with Crippen LogP contribution in [0.3, 0.4) is 0 Å². The maximum Gasteiger partial charge on any atom is 0.416 e. The number of halogens is 3. The Hall–Kier alpha value is -1.81. The summed E-state index contributed by atoms with van der Waals surface area (Å²) in [7, 11) is 4.04. The average Bonchev–Trinajstić information content (AvgIpc) is 2.56. The van der Waals surface area contributed by atoms with Crippen molar-refractivity contribution in [1.29, 1.82) is 0 Å². The van der Waals surface area contributed by atoms with Crippen LogP contribution in [-0.4, -0.2) is 25.5 Å². The van der Waals surface area contributed by atoms with Crippen LogP contribution < -0.4 is 0 Å². The molecule has 0 spiro atoms. The molecular formula is C21H24F3N. The van der Waals surface area contributed by atoms with Gasteiger partial charge in [0.25, 0.3) is 0 Å². The smallest absolute Gasteiger partial charge is 0.309 e. The van der Waals surface area contributed by atoms with Crippen molar-refractivity contribution < 1.29 is 13.2 Å². The molecule has 3 rings (SSSR count). The lowest BCUT2D eigenvalue weighted by Gasteiger charge is -2.33. The number of fused-ring (bicyclic) bond motifs is 2. The second-order valence-electron chi connectivity index (χ2n) is 7.19. The first kappa shape index (κ1) is 18.0. The SMILES string of the molecule is C[C@@H]1c2ccccc2[C@H](CCCN(C)C)c2cc(C(F)(F)F)ccc21. The molecule has 0 unspecified atom stereocenters. The second kappa shape index (κ2) is 6.83. The van der Waals surface area contributed by atoms with Gasteiger partial charge in [0, 0.05) is 11.8 Å². The highest BCUT2D eigenvalue weighted by Gasteiger charge is 2.35. The van der Waals surface area contributed by atoms with Gasteiger partial charge in [-0.2, -0.15) is 13.2 Å². The van der Waals surface area contributed by atoms with Crippen molar-refractivity contribution in [1.82, 2.24) is 4.90 Å². The lowest BCUT2D eigenvalue weighted by Crippen LogP contribution is -2.20. The van der Waals surface area contributed by atoms with Gasteiger partial charge >= 0.3 is 6.18 Å². The van der Waals surface area contributed by atoms with E-state index in [1.807, 2.05) is 26.2 Å². The highest BCUT2D eigenvalue weighted by atomic mass is 19.4. The van der Waals surface area contributed by atoms with Crippen LogP contribution in [-0.2, 0) is 6.18 Å². The molecule has 1 nitrogen and oxygen atoms in total. The van der Waals surface area contributed by atoms with Crippen LogP contribution in [0, 0.1) is 0 Å². The molecule has 0 aromatic heterocycles. The first-order valence-electron chi connectivity index (χ1n) is 8.73. The van der Waals surface area contributed by atoms with Gasteiger partial charge < -0.3 is 4.90 Å². The maximum absolute atomic E-state index is 13.2. The molecule has 0 amide bonds. The Morgan fingerprint density at radius 2 is 1.56 bits per heavy atom. The van der Waals surface area contributed by atoms with Crippen LogP contribution in [0.25, 0.3) is 0 Å². The molecule has 25 heavy (non-hydrogen) atoms. The lowest BCUT2D eigenvalue weighted by molar-refractivity contribution is -0.137. The highest BCUT2D eigenvalue weighted by molar-refractivity contribution is 5.53. The monoisotopic (exact) mass is 347 g/mol. The van der Waals surface area contributed by atoms with Gasteiger partial charge in [-0.25, -0.2) is 0 Å². The average molecular weight is 347 g/mol. The molecule has 4 heteroatoms. The molecule has 0 heterocycles. The van der Waals surface area contributed by atoms with Gasteiger partial charge in [-0.1, -0.05) is 37.3 Å². The fourth-order valence-electron chi connectivity index (χ4n) is 3.93. The van der Waals surface area contributed by atoms with E-state index in [1.165, 1.54) is 23.3 Å². The molecular weight excluding hydrogens is 323 g/mol. The van der Waals surface area contributed by atoms with Crippen molar-refractivity contribution in [3.63, 3.8) is 0 Å².